The Hall–Kier alpha value is -2.29. The molecule has 0 aliphatic heterocycles. The summed E-state index contributed by atoms with van der Waals surface area (Å²) in [5.74, 6) is 0.114. The average Bonchev–Trinajstić information content (AvgIpc) is 2.42. The molecule has 0 fully saturated rings. The van der Waals surface area contributed by atoms with E-state index >= 15 is 0 Å². The number of nitrogens with zero attached hydrogens (tertiary/aromatic N) is 1. The van der Waals surface area contributed by atoms with E-state index in [2.05, 4.69) is 0 Å². The van der Waals surface area contributed by atoms with E-state index in [1.54, 1.807) is 4.90 Å². The molecule has 3 nitrogen and oxygen atoms in total. The Morgan fingerprint density at radius 2 is 1.63 bits per heavy atom. The zero-order valence-electron chi connectivity index (χ0n) is 11.0. The first-order valence-corrected chi connectivity index (χ1v) is 6.27. The highest BCUT2D eigenvalue weighted by Gasteiger charge is 2.09. The van der Waals surface area contributed by atoms with Gasteiger partial charge in [0.15, 0.2) is 0 Å². The van der Waals surface area contributed by atoms with Crippen LogP contribution in [-0.2, 0) is 17.8 Å². The molecule has 0 saturated heterocycles. The zero-order valence-corrected chi connectivity index (χ0v) is 11.0. The molecule has 0 saturated carbocycles. The van der Waals surface area contributed by atoms with Crippen LogP contribution < -0.4 is 5.73 Å². The number of likely N-dealkylation sites (N-methyl/N-ethyl adjacent to an activating group) is 1. The third-order valence-electron chi connectivity index (χ3n) is 3.02. The number of nitrogen functional groups attached to an aromatic ring is 1. The lowest BCUT2D eigenvalue weighted by Gasteiger charge is -2.17. The van der Waals surface area contributed by atoms with Crippen LogP contribution in [0.3, 0.4) is 0 Å². The van der Waals surface area contributed by atoms with E-state index in [4.69, 9.17) is 5.73 Å². The predicted octanol–water partition coefficient (Wildman–Crippen LogP) is 2.47. The molecule has 2 rings (SSSR count). The largest absolute Gasteiger partial charge is 0.399 e. The van der Waals surface area contributed by atoms with Crippen LogP contribution in [0, 0.1) is 0 Å². The van der Waals surface area contributed by atoms with Gasteiger partial charge in [-0.1, -0.05) is 42.5 Å². The van der Waals surface area contributed by atoms with Gasteiger partial charge in [-0.05, 0) is 23.3 Å². The van der Waals surface area contributed by atoms with Crippen molar-refractivity contribution in [3.8, 4) is 0 Å². The van der Waals surface area contributed by atoms with Crippen LogP contribution in [0.5, 0.6) is 0 Å². The van der Waals surface area contributed by atoms with Crippen molar-refractivity contribution in [3.05, 3.63) is 65.7 Å². The quantitative estimate of drug-likeness (QED) is 0.852. The normalized spacial score (nSPS) is 10.2. The van der Waals surface area contributed by atoms with E-state index in [-0.39, 0.29) is 5.91 Å². The highest BCUT2D eigenvalue weighted by Crippen LogP contribution is 2.09. The summed E-state index contributed by atoms with van der Waals surface area (Å²) < 4.78 is 0. The van der Waals surface area contributed by atoms with E-state index in [0.29, 0.717) is 13.0 Å². The molecular weight excluding hydrogens is 236 g/mol. The first-order valence-electron chi connectivity index (χ1n) is 6.27. The second-order valence-electron chi connectivity index (χ2n) is 4.65. The van der Waals surface area contributed by atoms with Gasteiger partial charge in [0.1, 0.15) is 0 Å². The molecule has 0 radical (unpaired) electrons. The molecule has 2 aromatic rings. The van der Waals surface area contributed by atoms with Gasteiger partial charge in [0.05, 0.1) is 6.42 Å². The van der Waals surface area contributed by atoms with Crippen LogP contribution in [0.1, 0.15) is 11.1 Å². The number of hydrogen-bond donors (Lipinski definition) is 1. The monoisotopic (exact) mass is 254 g/mol. The maximum Gasteiger partial charge on any atom is 0.227 e. The van der Waals surface area contributed by atoms with Crippen LogP contribution >= 0.6 is 0 Å². The van der Waals surface area contributed by atoms with E-state index < -0.39 is 0 Å². The molecule has 2 N–H and O–H groups in total. The van der Waals surface area contributed by atoms with E-state index in [0.717, 1.165) is 16.8 Å². The van der Waals surface area contributed by atoms with Crippen molar-refractivity contribution < 1.29 is 4.79 Å². The molecule has 0 heterocycles. The minimum Gasteiger partial charge on any atom is -0.399 e. The second kappa shape index (κ2) is 6.05. The van der Waals surface area contributed by atoms with Gasteiger partial charge in [0.2, 0.25) is 5.91 Å². The van der Waals surface area contributed by atoms with E-state index in [9.17, 15) is 4.79 Å². The van der Waals surface area contributed by atoms with Crippen molar-refractivity contribution in [1.82, 2.24) is 4.90 Å². The van der Waals surface area contributed by atoms with Crippen LogP contribution in [0.2, 0.25) is 0 Å². The van der Waals surface area contributed by atoms with Gasteiger partial charge in [-0.3, -0.25) is 4.79 Å². The minimum absolute atomic E-state index is 0.114. The van der Waals surface area contributed by atoms with Crippen molar-refractivity contribution in [1.29, 1.82) is 0 Å². The fraction of sp³-hybridized carbons (Fsp3) is 0.188. The number of carbonyl (C=O) groups excluding carboxylic acids is 1. The fourth-order valence-electron chi connectivity index (χ4n) is 1.89. The molecule has 19 heavy (non-hydrogen) atoms. The summed E-state index contributed by atoms with van der Waals surface area (Å²) in [4.78, 5) is 13.8. The molecule has 0 aliphatic carbocycles. The number of amides is 1. The molecule has 0 spiro atoms. The topological polar surface area (TPSA) is 46.3 Å². The Kier molecular flexibility index (Phi) is 4.18. The number of benzene rings is 2. The van der Waals surface area contributed by atoms with Gasteiger partial charge in [0.25, 0.3) is 0 Å². The summed E-state index contributed by atoms with van der Waals surface area (Å²) >= 11 is 0. The summed E-state index contributed by atoms with van der Waals surface area (Å²) in [5, 5.41) is 0. The van der Waals surface area contributed by atoms with Crippen molar-refractivity contribution in [2.75, 3.05) is 12.8 Å². The van der Waals surface area contributed by atoms with Gasteiger partial charge >= 0.3 is 0 Å². The van der Waals surface area contributed by atoms with E-state index in [1.807, 2.05) is 61.6 Å². The third kappa shape index (κ3) is 3.85. The third-order valence-corrected chi connectivity index (χ3v) is 3.02. The Balaban J connectivity index is 1.94. The SMILES string of the molecule is CN(Cc1ccc(N)cc1)C(=O)Cc1ccccc1. The summed E-state index contributed by atoms with van der Waals surface area (Å²) in [6.45, 7) is 0.603. The molecule has 2 aromatic carbocycles. The maximum atomic E-state index is 12.1. The maximum absolute atomic E-state index is 12.1. The zero-order chi connectivity index (χ0) is 13.7. The van der Waals surface area contributed by atoms with Crippen molar-refractivity contribution in [2.24, 2.45) is 0 Å². The molecule has 98 valence electrons. The lowest BCUT2D eigenvalue weighted by molar-refractivity contribution is -0.129. The van der Waals surface area contributed by atoms with Crippen molar-refractivity contribution in [2.45, 2.75) is 13.0 Å². The first-order chi connectivity index (χ1) is 9.15. The molecule has 1 amide bonds. The van der Waals surface area contributed by atoms with Gasteiger partial charge < -0.3 is 10.6 Å². The van der Waals surface area contributed by atoms with Gasteiger partial charge in [-0.25, -0.2) is 0 Å². The van der Waals surface area contributed by atoms with Crippen LogP contribution in [0.15, 0.2) is 54.6 Å². The number of nitrogens with two attached hydrogens (primary N) is 1. The van der Waals surface area contributed by atoms with Crippen molar-refractivity contribution >= 4 is 11.6 Å². The van der Waals surface area contributed by atoms with Crippen LogP contribution in [-0.4, -0.2) is 17.9 Å². The fourth-order valence-corrected chi connectivity index (χ4v) is 1.89. The van der Waals surface area contributed by atoms with Gasteiger partial charge in [0, 0.05) is 19.3 Å². The standard InChI is InChI=1S/C16H18N2O/c1-18(12-14-7-9-15(17)10-8-14)16(19)11-13-5-3-2-4-6-13/h2-10H,11-12,17H2,1H3. The summed E-state index contributed by atoms with van der Waals surface area (Å²) in [7, 11) is 1.82. The highest BCUT2D eigenvalue weighted by atomic mass is 16.2. The Morgan fingerprint density at radius 1 is 1.00 bits per heavy atom. The molecule has 0 atom stereocenters. The first kappa shape index (κ1) is 13.1. The molecule has 0 unspecified atom stereocenters. The number of carbonyl (C=O) groups is 1. The second-order valence-corrected chi connectivity index (χ2v) is 4.65. The van der Waals surface area contributed by atoms with Crippen LogP contribution in [0.25, 0.3) is 0 Å². The summed E-state index contributed by atoms with van der Waals surface area (Å²) in [6, 6.07) is 17.4. The van der Waals surface area contributed by atoms with Crippen LogP contribution in [0.4, 0.5) is 5.69 Å². The molecule has 0 aliphatic rings. The summed E-state index contributed by atoms with van der Waals surface area (Å²) in [5.41, 5.74) is 8.50. The molecular formula is C16H18N2O. The lowest BCUT2D eigenvalue weighted by Crippen LogP contribution is -2.27. The molecule has 0 aromatic heterocycles. The predicted molar refractivity (Wildman–Crippen MR) is 77.5 cm³/mol. The Bertz CT molecular complexity index is 534. The average molecular weight is 254 g/mol. The van der Waals surface area contributed by atoms with E-state index in [1.165, 1.54) is 0 Å². The molecule has 3 heteroatoms. The summed E-state index contributed by atoms with van der Waals surface area (Å²) in [6.07, 6.45) is 0.437. The van der Waals surface area contributed by atoms with Gasteiger partial charge in [-0.2, -0.15) is 0 Å². The lowest BCUT2D eigenvalue weighted by atomic mass is 10.1. The highest BCUT2D eigenvalue weighted by molar-refractivity contribution is 5.78. The smallest absolute Gasteiger partial charge is 0.227 e. The minimum atomic E-state index is 0.114. The Morgan fingerprint density at radius 3 is 2.26 bits per heavy atom. The van der Waals surface area contributed by atoms with Crippen molar-refractivity contribution in [3.63, 3.8) is 0 Å². The Labute approximate surface area is 113 Å². The number of anilines is 1. The molecule has 0 bridgehead atoms. The van der Waals surface area contributed by atoms with Gasteiger partial charge in [-0.15, -0.1) is 0 Å². The number of hydrogen-bond acceptors (Lipinski definition) is 2. The number of rotatable bonds is 4.